The van der Waals surface area contributed by atoms with Gasteiger partial charge in [0.15, 0.2) is 0 Å². The highest BCUT2D eigenvalue weighted by Gasteiger charge is 2.16. The Morgan fingerprint density at radius 2 is 1.72 bits per heavy atom. The van der Waals surface area contributed by atoms with Crippen molar-refractivity contribution in [3.8, 4) is 0 Å². The summed E-state index contributed by atoms with van der Waals surface area (Å²) in [5.74, 6) is -0.374. The van der Waals surface area contributed by atoms with Crippen LogP contribution in [0.15, 0.2) is 52.9 Å². The minimum absolute atomic E-state index is 0.138. The number of halogens is 1. The molecule has 2 aromatic carbocycles. The maximum atomic E-state index is 14.2. The van der Waals surface area contributed by atoms with Crippen molar-refractivity contribution < 1.29 is 23.0 Å². The predicted molar refractivity (Wildman–Crippen MR) is 112 cm³/mol. The second kappa shape index (κ2) is 10.6. The second-order valence-corrected chi connectivity index (χ2v) is 8.62. The van der Waals surface area contributed by atoms with Crippen LogP contribution in [0.3, 0.4) is 0 Å². The summed E-state index contributed by atoms with van der Waals surface area (Å²) in [6.07, 6.45) is 1.86. The Morgan fingerprint density at radius 3 is 2.28 bits per heavy atom. The van der Waals surface area contributed by atoms with Gasteiger partial charge in [-0.3, -0.25) is 0 Å². The van der Waals surface area contributed by atoms with E-state index in [1.807, 2.05) is 6.92 Å². The summed E-state index contributed by atoms with van der Waals surface area (Å²) in [6.45, 7) is 3.55. The van der Waals surface area contributed by atoms with E-state index >= 15 is 0 Å². The van der Waals surface area contributed by atoms with Crippen molar-refractivity contribution in [2.75, 3.05) is 19.8 Å². The summed E-state index contributed by atoms with van der Waals surface area (Å²) < 4.78 is 41.5. The fraction of sp³-hybridized carbons (Fsp3) is 0.364. The first kappa shape index (κ1) is 23.2. The van der Waals surface area contributed by atoms with E-state index in [9.17, 15) is 23.0 Å². The number of aryl methyl sites for hydroxylation is 1. The average molecular weight is 422 g/mol. The molecule has 0 saturated heterocycles. The number of sulfonamides is 1. The van der Waals surface area contributed by atoms with E-state index < -0.39 is 10.0 Å². The molecule has 0 fully saturated rings. The van der Waals surface area contributed by atoms with Crippen molar-refractivity contribution in [1.29, 1.82) is 0 Å². The Bertz CT molecular complexity index is 953. The van der Waals surface area contributed by atoms with Gasteiger partial charge in [0.25, 0.3) is 0 Å². The number of hydrogen-bond donors (Lipinski definition) is 3. The Balaban J connectivity index is 2.48. The fourth-order valence-corrected chi connectivity index (χ4v) is 4.08. The lowest BCUT2D eigenvalue weighted by molar-refractivity contribution is 0.279. The van der Waals surface area contributed by atoms with E-state index in [1.165, 1.54) is 18.2 Å². The van der Waals surface area contributed by atoms with E-state index in [-0.39, 0.29) is 30.3 Å². The van der Waals surface area contributed by atoms with Gasteiger partial charge in [0, 0.05) is 13.2 Å². The standard InChI is InChI=1S/C22H28FNO4S/c1-3-4-12-24-29(27,28)20-9-7-17(8-10-20)22(19(15-26)11-13-25)18-6-5-16(2)21(23)14-18/h5-10,14,24-26H,3-4,11-13,15H2,1-2H3/b22-19+. The summed E-state index contributed by atoms with van der Waals surface area (Å²) in [5, 5.41) is 19.2. The predicted octanol–water partition coefficient (Wildman–Crippen LogP) is 3.39. The first-order chi connectivity index (χ1) is 13.8. The van der Waals surface area contributed by atoms with Crippen LogP contribution in [-0.2, 0) is 10.0 Å². The smallest absolute Gasteiger partial charge is 0.240 e. The van der Waals surface area contributed by atoms with E-state index in [4.69, 9.17) is 0 Å². The van der Waals surface area contributed by atoms with Gasteiger partial charge in [-0.1, -0.05) is 37.6 Å². The van der Waals surface area contributed by atoms with Gasteiger partial charge in [0.2, 0.25) is 10.0 Å². The molecule has 0 aliphatic carbocycles. The molecule has 2 rings (SSSR count). The Labute approximate surface area is 172 Å². The first-order valence-corrected chi connectivity index (χ1v) is 11.1. The van der Waals surface area contributed by atoms with Gasteiger partial charge in [-0.25, -0.2) is 17.5 Å². The highest BCUT2D eigenvalue weighted by Crippen LogP contribution is 2.30. The minimum Gasteiger partial charge on any atom is -0.396 e. The van der Waals surface area contributed by atoms with Gasteiger partial charge < -0.3 is 10.2 Å². The molecule has 158 valence electrons. The minimum atomic E-state index is -3.60. The topological polar surface area (TPSA) is 86.6 Å². The highest BCUT2D eigenvalue weighted by atomic mass is 32.2. The molecule has 0 aliphatic rings. The molecular formula is C22H28FNO4S. The number of hydrogen-bond acceptors (Lipinski definition) is 4. The molecule has 0 radical (unpaired) electrons. The average Bonchev–Trinajstić information content (AvgIpc) is 2.70. The van der Waals surface area contributed by atoms with Crippen molar-refractivity contribution in [3.05, 3.63) is 70.5 Å². The molecule has 0 heterocycles. The van der Waals surface area contributed by atoms with Crippen molar-refractivity contribution in [2.45, 2.75) is 38.0 Å². The van der Waals surface area contributed by atoms with Crippen molar-refractivity contribution in [1.82, 2.24) is 4.72 Å². The van der Waals surface area contributed by atoms with Crippen molar-refractivity contribution in [2.24, 2.45) is 0 Å². The van der Waals surface area contributed by atoms with E-state index in [2.05, 4.69) is 4.72 Å². The molecule has 7 heteroatoms. The van der Waals surface area contributed by atoms with Gasteiger partial charge in [-0.2, -0.15) is 0 Å². The molecular weight excluding hydrogens is 393 g/mol. The Morgan fingerprint density at radius 1 is 1.07 bits per heavy atom. The third-order valence-electron chi connectivity index (χ3n) is 4.69. The maximum Gasteiger partial charge on any atom is 0.240 e. The van der Waals surface area contributed by atoms with Crippen molar-refractivity contribution >= 4 is 15.6 Å². The van der Waals surface area contributed by atoms with Gasteiger partial charge in [-0.15, -0.1) is 0 Å². The van der Waals surface area contributed by atoms with Gasteiger partial charge in [-0.05, 0) is 65.8 Å². The van der Waals surface area contributed by atoms with E-state index in [0.717, 1.165) is 12.8 Å². The fourth-order valence-electron chi connectivity index (χ4n) is 3.01. The molecule has 0 unspecified atom stereocenters. The zero-order chi connectivity index (χ0) is 21.4. The Kier molecular flexibility index (Phi) is 8.52. The zero-order valence-corrected chi connectivity index (χ0v) is 17.6. The molecule has 0 bridgehead atoms. The number of aliphatic hydroxyl groups is 2. The SMILES string of the molecule is CCCCNS(=O)(=O)c1ccc(/C(=C(\CO)CCO)c2ccc(C)c(F)c2)cc1. The summed E-state index contributed by atoms with van der Waals surface area (Å²) in [4.78, 5) is 0.138. The lowest BCUT2D eigenvalue weighted by Crippen LogP contribution is -2.24. The van der Waals surface area contributed by atoms with E-state index in [1.54, 1.807) is 31.2 Å². The van der Waals surface area contributed by atoms with Crippen LogP contribution < -0.4 is 4.72 Å². The molecule has 0 amide bonds. The third kappa shape index (κ3) is 5.96. The molecule has 0 saturated carbocycles. The maximum absolute atomic E-state index is 14.2. The second-order valence-electron chi connectivity index (χ2n) is 6.85. The summed E-state index contributed by atoms with van der Waals surface area (Å²) in [6, 6.07) is 11.0. The number of aliphatic hydroxyl groups excluding tert-OH is 2. The quantitative estimate of drug-likeness (QED) is 0.513. The zero-order valence-electron chi connectivity index (χ0n) is 16.8. The van der Waals surface area contributed by atoms with E-state index in [0.29, 0.717) is 34.4 Å². The summed E-state index contributed by atoms with van der Waals surface area (Å²) in [7, 11) is -3.60. The molecule has 0 aromatic heterocycles. The molecule has 0 atom stereocenters. The number of rotatable bonds is 10. The molecule has 2 aromatic rings. The lowest BCUT2D eigenvalue weighted by atomic mass is 9.91. The summed E-state index contributed by atoms with van der Waals surface area (Å²) >= 11 is 0. The first-order valence-electron chi connectivity index (χ1n) is 9.64. The van der Waals surface area contributed by atoms with Crippen LogP contribution in [0.1, 0.15) is 42.9 Å². The molecule has 0 spiro atoms. The van der Waals surface area contributed by atoms with Gasteiger partial charge in [0.05, 0.1) is 11.5 Å². The van der Waals surface area contributed by atoms with Crippen molar-refractivity contribution in [3.63, 3.8) is 0 Å². The van der Waals surface area contributed by atoms with Crippen LogP contribution in [0.5, 0.6) is 0 Å². The largest absolute Gasteiger partial charge is 0.396 e. The Hall–Kier alpha value is -2.06. The number of nitrogens with one attached hydrogen (secondary N) is 1. The van der Waals surface area contributed by atoms with Crippen LogP contribution in [0.4, 0.5) is 4.39 Å². The summed E-state index contributed by atoms with van der Waals surface area (Å²) in [5.41, 5.74) is 2.83. The molecule has 29 heavy (non-hydrogen) atoms. The lowest BCUT2D eigenvalue weighted by Gasteiger charge is -2.16. The molecule has 0 aliphatic heterocycles. The van der Waals surface area contributed by atoms with Crippen LogP contribution in [-0.4, -0.2) is 38.4 Å². The van der Waals surface area contributed by atoms with Gasteiger partial charge >= 0.3 is 0 Å². The van der Waals surface area contributed by atoms with Crippen LogP contribution >= 0.6 is 0 Å². The molecule has 5 nitrogen and oxygen atoms in total. The normalized spacial score (nSPS) is 12.7. The molecule has 3 N–H and O–H groups in total. The van der Waals surface area contributed by atoms with Crippen LogP contribution in [0.2, 0.25) is 0 Å². The van der Waals surface area contributed by atoms with Gasteiger partial charge in [0.1, 0.15) is 5.82 Å². The van der Waals surface area contributed by atoms with Crippen LogP contribution in [0, 0.1) is 12.7 Å². The monoisotopic (exact) mass is 421 g/mol. The van der Waals surface area contributed by atoms with Crippen LogP contribution in [0.25, 0.3) is 5.57 Å². The number of benzene rings is 2. The number of unbranched alkanes of at least 4 members (excludes halogenated alkanes) is 1. The highest BCUT2D eigenvalue weighted by molar-refractivity contribution is 7.89. The third-order valence-corrected chi connectivity index (χ3v) is 6.17.